The molecule has 1 heterocycles. The Labute approximate surface area is 132 Å². The van der Waals surface area contributed by atoms with Crippen LogP contribution in [0.4, 0.5) is 0 Å². The Hall–Kier alpha value is -1.44. The fourth-order valence-electron chi connectivity index (χ4n) is 2.23. The normalized spacial score (nSPS) is 18.9. The van der Waals surface area contributed by atoms with Gasteiger partial charge < -0.3 is 5.43 Å². The van der Waals surface area contributed by atoms with Crippen LogP contribution in [0.5, 0.6) is 0 Å². The van der Waals surface area contributed by atoms with E-state index in [4.69, 9.17) is 0 Å². The van der Waals surface area contributed by atoms with Gasteiger partial charge in [-0.1, -0.05) is 12.5 Å². The molecule has 1 fully saturated rings. The van der Waals surface area contributed by atoms with Crippen LogP contribution in [0.1, 0.15) is 46.0 Å². The fraction of sp³-hybridized carbons (Fsp3) is 0.733. The van der Waals surface area contributed by atoms with Gasteiger partial charge in [0, 0.05) is 25.8 Å². The smallest absolute Gasteiger partial charge is 0.248 e. The first-order chi connectivity index (χ1) is 10.6. The molecule has 22 heavy (non-hydrogen) atoms. The van der Waals surface area contributed by atoms with Crippen molar-refractivity contribution < 1.29 is 9.59 Å². The van der Waals surface area contributed by atoms with Crippen LogP contribution >= 0.6 is 0 Å². The fourth-order valence-corrected chi connectivity index (χ4v) is 2.23. The van der Waals surface area contributed by atoms with E-state index in [1.165, 1.54) is 4.90 Å². The topological polar surface area (TPSA) is 85.5 Å². The van der Waals surface area contributed by atoms with Crippen LogP contribution in [0, 0.1) is 0 Å². The Kier molecular flexibility index (Phi) is 8.72. The van der Waals surface area contributed by atoms with E-state index in [9.17, 15) is 9.59 Å². The quantitative estimate of drug-likeness (QED) is 0.251. The number of nitrogens with zero attached hydrogens (tertiary/aromatic N) is 1. The van der Waals surface area contributed by atoms with Crippen LogP contribution in [-0.2, 0) is 9.59 Å². The molecule has 0 saturated carbocycles. The number of carbonyl (C=O) groups is 2. The van der Waals surface area contributed by atoms with Gasteiger partial charge in [0.1, 0.15) is 6.04 Å². The molecule has 0 spiro atoms. The number of carbonyl (C=O) groups excluding carboxylic acids is 2. The molecule has 0 bridgehead atoms. The molecule has 0 radical (unpaired) electrons. The molecular formula is C15H29N5O2. The summed E-state index contributed by atoms with van der Waals surface area (Å²) in [5.74, 6) is -0.192. The van der Waals surface area contributed by atoms with Gasteiger partial charge in [0.2, 0.25) is 11.8 Å². The van der Waals surface area contributed by atoms with E-state index in [1.54, 1.807) is 0 Å². The Bertz CT molecular complexity index is 384. The zero-order valence-corrected chi connectivity index (χ0v) is 13.8. The van der Waals surface area contributed by atoms with E-state index in [0.717, 1.165) is 25.7 Å². The van der Waals surface area contributed by atoms with Crippen molar-refractivity contribution in [1.29, 1.82) is 0 Å². The molecule has 2 amide bonds. The van der Waals surface area contributed by atoms with Gasteiger partial charge in [0.15, 0.2) is 0 Å². The van der Waals surface area contributed by atoms with Crippen LogP contribution in [0.2, 0.25) is 0 Å². The molecule has 1 aliphatic rings. The number of nitrogens with one attached hydrogen (secondary N) is 4. The SMILES string of the molecule is CNNC=CCCCCCN1C(=O)CC(NNC(C)C)C1=O. The standard InChI is InChI=1S/C15H29N5O2/c1-12(2)18-19-13-11-14(21)20(15(13)22)10-8-6-4-5-7-9-17-16-3/h7,9,12-13,16-19H,4-6,8,10-11H2,1-3H3. The van der Waals surface area contributed by atoms with Gasteiger partial charge in [-0.3, -0.25) is 19.9 Å². The molecule has 0 aromatic heterocycles. The molecule has 1 aliphatic heterocycles. The third-order valence-corrected chi connectivity index (χ3v) is 3.39. The van der Waals surface area contributed by atoms with E-state index in [-0.39, 0.29) is 24.3 Å². The van der Waals surface area contributed by atoms with E-state index in [1.807, 2.05) is 27.1 Å². The second kappa shape index (κ2) is 10.3. The molecule has 126 valence electrons. The summed E-state index contributed by atoms with van der Waals surface area (Å²) < 4.78 is 0. The first kappa shape index (κ1) is 18.6. The van der Waals surface area contributed by atoms with E-state index in [2.05, 4.69) is 27.8 Å². The lowest BCUT2D eigenvalue weighted by atomic mass is 10.2. The Morgan fingerprint density at radius 3 is 2.73 bits per heavy atom. The largest absolute Gasteiger partial charge is 0.329 e. The average Bonchev–Trinajstić information content (AvgIpc) is 2.75. The second-order valence-electron chi connectivity index (χ2n) is 5.73. The van der Waals surface area contributed by atoms with Crippen molar-refractivity contribution in [1.82, 2.24) is 26.6 Å². The van der Waals surface area contributed by atoms with Crippen LogP contribution in [0.3, 0.4) is 0 Å². The Balaban J connectivity index is 2.20. The lowest BCUT2D eigenvalue weighted by Gasteiger charge is -2.16. The first-order valence-electron chi connectivity index (χ1n) is 7.98. The maximum Gasteiger partial charge on any atom is 0.248 e. The second-order valence-corrected chi connectivity index (χ2v) is 5.73. The van der Waals surface area contributed by atoms with Gasteiger partial charge >= 0.3 is 0 Å². The van der Waals surface area contributed by atoms with Crippen molar-refractivity contribution in [2.45, 2.75) is 58.0 Å². The number of rotatable bonds is 11. The Morgan fingerprint density at radius 2 is 2.05 bits per heavy atom. The molecular weight excluding hydrogens is 282 g/mol. The molecule has 4 N–H and O–H groups in total. The van der Waals surface area contributed by atoms with Crippen molar-refractivity contribution in [2.24, 2.45) is 0 Å². The number of unbranched alkanes of at least 4 members (excludes halogenated alkanes) is 3. The minimum Gasteiger partial charge on any atom is -0.329 e. The summed E-state index contributed by atoms with van der Waals surface area (Å²) in [5, 5.41) is 0. The van der Waals surface area contributed by atoms with Gasteiger partial charge in [-0.2, -0.15) is 0 Å². The molecule has 1 unspecified atom stereocenters. The van der Waals surface area contributed by atoms with E-state index in [0.29, 0.717) is 6.54 Å². The summed E-state index contributed by atoms with van der Waals surface area (Å²) in [7, 11) is 1.81. The lowest BCUT2D eigenvalue weighted by molar-refractivity contribution is -0.139. The molecule has 0 aromatic rings. The van der Waals surface area contributed by atoms with Gasteiger partial charge in [0.25, 0.3) is 0 Å². The summed E-state index contributed by atoms with van der Waals surface area (Å²) in [6, 6.07) is -0.201. The zero-order valence-electron chi connectivity index (χ0n) is 13.8. The van der Waals surface area contributed by atoms with Crippen molar-refractivity contribution >= 4 is 11.8 Å². The summed E-state index contributed by atoms with van der Waals surface area (Å²) in [6.45, 7) is 4.48. The monoisotopic (exact) mass is 311 g/mol. The first-order valence-corrected chi connectivity index (χ1v) is 7.98. The lowest BCUT2D eigenvalue weighted by Crippen LogP contribution is -2.48. The number of allylic oxidation sites excluding steroid dienone is 1. The number of likely N-dealkylation sites (tertiary alicyclic amines) is 1. The van der Waals surface area contributed by atoms with Crippen molar-refractivity contribution in [3.63, 3.8) is 0 Å². The summed E-state index contributed by atoms with van der Waals surface area (Å²) in [6.07, 6.45) is 8.06. The third kappa shape index (κ3) is 6.55. The molecule has 1 atom stereocenters. The summed E-state index contributed by atoms with van der Waals surface area (Å²) in [5.41, 5.74) is 11.6. The molecule has 1 saturated heterocycles. The van der Waals surface area contributed by atoms with Crippen LogP contribution in [0.25, 0.3) is 0 Å². The molecule has 7 nitrogen and oxygen atoms in total. The number of hydrazine groups is 2. The van der Waals surface area contributed by atoms with Crippen LogP contribution < -0.4 is 21.7 Å². The molecule has 1 rings (SSSR count). The van der Waals surface area contributed by atoms with Gasteiger partial charge in [0.05, 0.1) is 6.42 Å². The van der Waals surface area contributed by atoms with Gasteiger partial charge in [-0.05, 0) is 33.1 Å². The highest BCUT2D eigenvalue weighted by Crippen LogP contribution is 2.14. The van der Waals surface area contributed by atoms with Crippen LogP contribution in [-0.4, -0.2) is 42.4 Å². The predicted molar refractivity (Wildman–Crippen MR) is 86.3 cm³/mol. The summed E-state index contributed by atoms with van der Waals surface area (Å²) >= 11 is 0. The summed E-state index contributed by atoms with van der Waals surface area (Å²) in [4.78, 5) is 25.4. The number of hydrogen-bond acceptors (Lipinski definition) is 6. The van der Waals surface area contributed by atoms with Crippen LogP contribution in [0.15, 0.2) is 12.3 Å². The van der Waals surface area contributed by atoms with Crippen molar-refractivity contribution in [3.05, 3.63) is 12.3 Å². The molecule has 0 aliphatic carbocycles. The minimum absolute atomic E-state index is 0.0776. The number of imide groups is 1. The minimum atomic E-state index is -0.426. The number of amides is 2. The highest BCUT2D eigenvalue weighted by Gasteiger charge is 2.37. The Morgan fingerprint density at radius 1 is 1.27 bits per heavy atom. The van der Waals surface area contributed by atoms with Gasteiger partial charge in [-0.25, -0.2) is 10.9 Å². The molecule has 0 aromatic carbocycles. The van der Waals surface area contributed by atoms with E-state index < -0.39 is 6.04 Å². The third-order valence-electron chi connectivity index (χ3n) is 3.39. The average molecular weight is 311 g/mol. The number of hydrogen-bond donors (Lipinski definition) is 4. The maximum atomic E-state index is 12.1. The maximum absolute atomic E-state index is 12.1. The highest BCUT2D eigenvalue weighted by molar-refractivity contribution is 6.05. The van der Waals surface area contributed by atoms with Crippen molar-refractivity contribution in [3.8, 4) is 0 Å². The highest BCUT2D eigenvalue weighted by atomic mass is 16.2. The predicted octanol–water partition coefficient (Wildman–Crippen LogP) is 0.415. The zero-order chi connectivity index (χ0) is 16.4. The van der Waals surface area contributed by atoms with E-state index >= 15 is 0 Å². The van der Waals surface area contributed by atoms with Crippen molar-refractivity contribution in [2.75, 3.05) is 13.6 Å². The molecule has 7 heteroatoms. The van der Waals surface area contributed by atoms with Gasteiger partial charge in [-0.15, -0.1) is 0 Å².